The van der Waals surface area contributed by atoms with E-state index in [4.69, 9.17) is 0 Å². The largest absolute Gasteiger partial charge is 0.391 e. The second kappa shape index (κ2) is 5.83. The molecule has 0 spiro atoms. The molecule has 2 aliphatic rings. The lowest BCUT2D eigenvalue weighted by Gasteiger charge is -2.34. The molecule has 1 saturated carbocycles. The van der Waals surface area contributed by atoms with Gasteiger partial charge in [-0.05, 0) is 50.0 Å². The predicted octanol–water partition coefficient (Wildman–Crippen LogP) is 3.59. The summed E-state index contributed by atoms with van der Waals surface area (Å²) in [4.78, 5) is 0. The zero-order valence-corrected chi connectivity index (χ0v) is 10.7. The van der Waals surface area contributed by atoms with Crippen LogP contribution in [0.25, 0.3) is 0 Å². The van der Waals surface area contributed by atoms with Gasteiger partial charge in [0.1, 0.15) is 0 Å². The molecule has 0 bridgehead atoms. The number of halogens is 3. The van der Waals surface area contributed by atoms with Crippen LogP contribution in [0.4, 0.5) is 13.2 Å². The first-order chi connectivity index (χ1) is 8.05. The van der Waals surface area contributed by atoms with E-state index >= 15 is 0 Å². The maximum absolute atomic E-state index is 12.5. The van der Waals surface area contributed by atoms with Gasteiger partial charge in [0.15, 0.2) is 0 Å². The normalized spacial score (nSPS) is 32.6. The highest BCUT2D eigenvalue weighted by atomic mass is 32.2. The Morgan fingerprint density at radius 3 is 1.88 bits per heavy atom. The van der Waals surface area contributed by atoms with Crippen molar-refractivity contribution in [3.63, 3.8) is 0 Å². The van der Waals surface area contributed by atoms with E-state index in [-0.39, 0.29) is 0 Å². The van der Waals surface area contributed by atoms with Gasteiger partial charge in [0.25, 0.3) is 0 Å². The molecule has 0 amide bonds. The van der Waals surface area contributed by atoms with Gasteiger partial charge in [0.2, 0.25) is 0 Å². The molecule has 1 heterocycles. The topological polar surface area (TPSA) is 12.0 Å². The van der Waals surface area contributed by atoms with E-state index in [9.17, 15) is 13.2 Å². The standard InChI is InChI=1S/C12H20F3NS/c13-12(14,15)9-1-3-10(4-2-9)16-11-5-7-17-8-6-11/h9-11,16H,1-8H2. The van der Waals surface area contributed by atoms with Crippen molar-refractivity contribution < 1.29 is 13.2 Å². The number of alkyl halides is 3. The number of hydrogen-bond acceptors (Lipinski definition) is 2. The molecule has 2 rings (SSSR count). The van der Waals surface area contributed by atoms with Gasteiger partial charge < -0.3 is 5.32 Å². The summed E-state index contributed by atoms with van der Waals surface area (Å²) in [6.45, 7) is 0. The molecule has 1 aliphatic carbocycles. The van der Waals surface area contributed by atoms with E-state index in [1.165, 1.54) is 24.3 Å². The van der Waals surface area contributed by atoms with Crippen molar-refractivity contribution in [3.05, 3.63) is 0 Å². The fourth-order valence-corrected chi connectivity index (χ4v) is 3.89. The van der Waals surface area contributed by atoms with Crippen molar-refractivity contribution in [2.75, 3.05) is 11.5 Å². The second-order valence-corrected chi connectivity index (χ2v) is 6.37. The summed E-state index contributed by atoms with van der Waals surface area (Å²) in [6.07, 6.45) is 0.354. The highest BCUT2D eigenvalue weighted by molar-refractivity contribution is 7.99. The number of nitrogens with one attached hydrogen (secondary N) is 1. The Bertz CT molecular complexity index is 230. The smallest absolute Gasteiger partial charge is 0.311 e. The molecular weight excluding hydrogens is 247 g/mol. The van der Waals surface area contributed by atoms with E-state index in [1.54, 1.807) is 0 Å². The number of rotatable bonds is 2. The van der Waals surface area contributed by atoms with Crippen molar-refractivity contribution in [2.45, 2.75) is 56.8 Å². The predicted molar refractivity (Wildman–Crippen MR) is 65.3 cm³/mol. The first kappa shape index (κ1) is 13.5. The molecule has 0 atom stereocenters. The first-order valence-electron chi connectivity index (χ1n) is 6.46. The lowest BCUT2D eigenvalue weighted by Crippen LogP contribution is -2.43. The van der Waals surface area contributed by atoms with Crippen LogP contribution in [-0.2, 0) is 0 Å². The third kappa shape index (κ3) is 4.05. The summed E-state index contributed by atoms with van der Waals surface area (Å²) in [5.41, 5.74) is 0. The van der Waals surface area contributed by atoms with Crippen molar-refractivity contribution >= 4 is 11.8 Å². The van der Waals surface area contributed by atoms with Crippen molar-refractivity contribution in [2.24, 2.45) is 5.92 Å². The van der Waals surface area contributed by atoms with Crippen LogP contribution in [0.3, 0.4) is 0 Å². The molecule has 0 aromatic rings. The Kier molecular flexibility index (Phi) is 4.64. The SMILES string of the molecule is FC(F)(F)C1CCC(NC2CCSCC2)CC1. The molecular formula is C12H20F3NS. The lowest BCUT2D eigenvalue weighted by atomic mass is 9.85. The highest BCUT2D eigenvalue weighted by Gasteiger charge is 2.41. The molecule has 1 saturated heterocycles. The van der Waals surface area contributed by atoms with E-state index in [0.29, 0.717) is 37.8 Å². The fourth-order valence-electron chi connectivity index (χ4n) is 2.78. The summed E-state index contributed by atoms with van der Waals surface area (Å²) in [5.74, 6) is 1.33. The average Bonchev–Trinajstić information content (AvgIpc) is 2.30. The zero-order chi connectivity index (χ0) is 12.3. The summed E-state index contributed by atoms with van der Waals surface area (Å²) in [5, 5.41) is 3.55. The summed E-state index contributed by atoms with van der Waals surface area (Å²) < 4.78 is 37.5. The summed E-state index contributed by atoms with van der Waals surface area (Å²) in [7, 11) is 0. The minimum Gasteiger partial charge on any atom is -0.311 e. The molecule has 100 valence electrons. The van der Waals surface area contributed by atoms with Gasteiger partial charge in [-0.2, -0.15) is 24.9 Å². The van der Waals surface area contributed by atoms with E-state index in [2.05, 4.69) is 5.32 Å². The molecule has 1 nitrogen and oxygen atoms in total. The Labute approximate surface area is 105 Å². The molecule has 0 unspecified atom stereocenters. The van der Waals surface area contributed by atoms with Gasteiger partial charge >= 0.3 is 6.18 Å². The van der Waals surface area contributed by atoms with Crippen LogP contribution in [0.1, 0.15) is 38.5 Å². The number of hydrogen-bond donors (Lipinski definition) is 1. The molecule has 0 radical (unpaired) electrons. The maximum Gasteiger partial charge on any atom is 0.391 e. The molecule has 2 fully saturated rings. The quantitative estimate of drug-likeness (QED) is 0.820. The third-order valence-corrected chi connectivity index (χ3v) is 4.93. The van der Waals surface area contributed by atoms with Crippen molar-refractivity contribution in [3.8, 4) is 0 Å². The maximum atomic E-state index is 12.5. The van der Waals surface area contributed by atoms with Crippen LogP contribution in [0.2, 0.25) is 0 Å². The second-order valence-electron chi connectivity index (χ2n) is 5.14. The summed E-state index contributed by atoms with van der Waals surface area (Å²) in [6, 6.07) is 0.866. The van der Waals surface area contributed by atoms with Gasteiger partial charge in [0.05, 0.1) is 5.92 Å². The Morgan fingerprint density at radius 1 is 0.824 bits per heavy atom. The van der Waals surface area contributed by atoms with E-state index in [1.807, 2.05) is 11.8 Å². The van der Waals surface area contributed by atoms with Crippen LogP contribution in [0.5, 0.6) is 0 Å². The minimum absolute atomic E-state index is 0.308. The van der Waals surface area contributed by atoms with Crippen LogP contribution in [0.15, 0.2) is 0 Å². The monoisotopic (exact) mass is 267 g/mol. The Morgan fingerprint density at radius 2 is 1.35 bits per heavy atom. The molecule has 1 aliphatic heterocycles. The van der Waals surface area contributed by atoms with Crippen molar-refractivity contribution in [1.82, 2.24) is 5.32 Å². The van der Waals surface area contributed by atoms with Crippen LogP contribution < -0.4 is 5.32 Å². The molecule has 17 heavy (non-hydrogen) atoms. The van der Waals surface area contributed by atoms with Crippen LogP contribution in [0, 0.1) is 5.92 Å². The van der Waals surface area contributed by atoms with Gasteiger partial charge in [-0.3, -0.25) is 0 Å². The lowest BCUT2D eigenvalue weighted by molar-refractivity contribution is -0.182. The molecule has 5 heteroatoms. The minimum atomic E-state index is -3.98. The Hall–Kier alpha value is 0.100. The molecule has 1 N–H and O–H groups in total. The molecule has 0 aromatic carbocycles. The van der Waals surface area contributed by atoms with E-state index < -0.39 is 12.1 Å². The first-order valence-corrected chi connectivity index (χ1v) is 7.61. The third-order valence-electron chi connectivity index (χ3n) is 3.88. The number of thioether (sulfide) groups is 1. The van der Waals surface area contributed by atoms with Crippen LogP contribution in [-0.4, -0.2) is 29.8 Å². The van der Waals surface area contributed by atoms with Crippen LogP contribution >= 0.6 is 11.8 Å². The van der Waals surface area contributed by atoms with Crippen molar-refractivity contribution in [1.29, 1.82) is 0 Å². The van der Waals surface area contributed by atoms with E-state index in [0.717, 1.165) is 0 Å². The fraction of sp³-hybridized carbons (Fsp3) is 1.00. The van der Waals surface area contributed by atoms with Gasteiger partial charge in [-0.1, -0.05) is 0 Å². The highest BCUT2D eigenvalue weighted by Crippen LogP contribution is 2.37. The van der Waals surface area contributed by atoms with Gasteiger partial charge in [-0.25, -0.2) is 0 Å². The average molecular weight is 267 g/mol. The van der Waals surface area contributed by atoms with Gasteiger partial charge in [0, 0.05) is 12.1 Å². The molecule has 0 aromatic heterocycles. The summed E-state index contributed by atoms with van der Waals surface area (Å²) >= 11 is 1.98. The Balaban J connectivity index is 1.71. The zero-order valence-electron chi connectivity index (χ0n) is 9.93. The van der Waals surface area contributed by atoms with Gasteiger partial charge in [-0.15, -0.1) is 0 Å².